The summed E-state index contributed by atoms with van der Waals surface area (Å²) in [6.45, 7) is 3.01. The fourth-order valence-corrected chi connectivity index (χ4v) is 2.38. The molecule has 0 radical (unpaired) electrons. The largest absolute Gasteiger partial charge is 0.313 e. The van der Waals surface area contributed by atoms with Gasteiger partial charge in [0.2, 0.25) is 11.0 Å². The van der Waals surface area contributed by atoms with Crippen LogP contribution in [0.25, 0.3) is 0 Å². The second-order valence-electron chi connectivity index (χ2n) is 3.60. The van der Waals surface area contributed by atoms with E-state index in [4.69, 9.17) is 0 Å². The molecule has 1 aliphatic heterocycles. The number of nitrogens with one attached hydrogen (secondary N) is 2. The zero-order valence-electron chi connectivity index (χ0n) is 8.97. The first-order valence-electron chi connectivity index (χ1n) is 5.11. The summed E-state index contributed by atoms with van der Waals surface area (Å²) in [7, 11) is 0. The molecule has 16 heavy (non-hydrogen) atoms. The summed E-state index contributed by atoms with van der Waals surface area (Å²) >= 11 is 1.34. The van der Waals surface area contributed by atoms with Gasteiger partial charge in [-0.25, -0.2) is 0 Å². The van der Waals surface area contributed by atoms with Gasteiger partial charge in [-0.05, 0) is 19.4 Å². The Hall–Kier alpha value is -0.720. The summed E-state index contributed by atoms with van der Waals surface area (Å²) in [5.74, 6) is 0.127. The number of anilines is 1. The average molecular weight is 263 g/mol. The highest BCUT2D eigenvalue weighted by atomic mass is 35.5. The molecule has 0 bridgehead atoms. The summed E-state index contributed by atoms with van der Waals surface area (Å²) < 4.78 is 0. The molecule has 7 heteroatoms. The number of aromatic nitrogens is 2. The number of halogens is 1. The first-order chi connectivity index (χ1) is 7.31. The van der Waals surface area contributed by atoms with Crippen LogP contribution < -0.4 is 10.6 Å². The van der Waals surface area contributed by atoms with Crippen LogP contribution in [0.4, 0.5) is 5.13 Å². The smallest absolute Gasteiger partial charge is 0.230 e. The van der Waals surface area contributed by atoms with Crippen molar-refractivity contribution in [2.75, 3.05) is 11.9 Å². The van der Waals surface area contributed by atoms with Crippen molar-refractivity contribution >= 4 is 34.8 Å². The molecule has 0 spiro atoms. The van der Waals surface area contributed by atoms with Crippen LogP contribution >= 0.6 is 23.7 Å². The second-order valence-corrected chi connectivity index (χ2v) is 4.43. The molecule has 90 valence electrons. The van der Waals surface area contributed by atoms with Crippen LogP contribution in [0.3, 0.4) is 0 Å². The molecule has 0 saturated carbocycles. The minimum atomic E-state index is 0. The SMILES string of the molecule is CCC1NCCC1C(=O)Nc1nncs1.Cl. The molecule has 1 saturated heterocycles. The van der Waals surface area contributed by atoms with Gasteiger partial charge in [0, 0.05) is 6.04 Å². The van der Waals surface area contributed by atoms with Gasteiger partial charge in [0.25, 0.3) is 0 Å². The summed E-state index contributed by atoms with van der Waals surface area (Å²) in [5.41, 5.74) is 1.61. The molecule has 2 rings (SSSR count). The third-order valence-electron chi connectivity index (χ3n) is 2.71. The van der Waals surface area contributed by atoms with Gasteiger partial charge < -0.3 is 10.6 Å². The van der Waals surface area contributed by atoms with E-state index in [0.717, 1.165) is 19.4 Å². The molecule has 1 aliphatic rings. The van der Waals surface area contributed by atoms with Crippen molar-refractivity contribution in [2.45, 2.75) is 25.8 Å². The maximum absolute atomic E-state index is 11.9. The highest BCUT2D eigenvalue weighted by Gasteiger charge is 2.31. The Kier molecular flexibility index (Phi) is 5.11. The van der Waals surface area contributed by atoms with E-state index in [1.807, 2.05) is 0 Å². The van der Waals surface area contributed by atoms with Gasteiger partial charge in [-0.1, -0.05) is 18.3 Å². The van der Waals surface area contributed by atoms with E-state index in [1.165, 1.54) is 11.3 Å². The summed E-state index contributed by atoms with van der Waals surface area (Å²) in [6.07, 6.45) is 1.89. The number of hydrogen-bond acceptors (Lipinski definition) is 5. The Morgan fingerprint density at radius 2 is 2.56 bits per heavy atom. The number of nitrogens with zero attached hydrogens (tertiary/aromatic N) is 2. The van der Waals surface area contributed by atoms with Crippen LogP contribution in [0.1, 0.15) is 19.8 Å². The fourth-order valence-electron chi connectivity index (χ4n) is 1.94. The summed E-state index contributed by atoms with van der Waals surface area (Å²) in [5, 5.41) is 14.2. The first-order valence-corrected chi connectivity index (χ1v) is 5.99. The molecule has 2 heterocycles. The number of carbonyl (C=O) groups is 1. The lowest BCUT2D eigenvalue weighted by molar-refractivity contribution is -0.120. The highest BCUT2D eigenvalue weighted by Crippen LogP contribution is 2.20. The molecule has 1 aromatic heterocycles. The topological polar surface area (TPSA) is 66.9 Å². The van der Waals surface area contributed by atoms with Crippen molar-refractivity contribution in [3.8, 4) is 0 Å². The number of amides is 1. The zero-order chi connectivity index (χ0) is 10.7. The third-order valence-corrected chi connectivity index (χ3v) is 3.32. The maximum Gasteiger partial charge on any atom is 0.230 e. The fraction of sp³-hybridized carbons (Fsp3) is 0.667. The second kappa shape index (κ2) is 6.12. The predicted octanol–water partition coefficient (Wildman–Crippen LogP) is 1.29. The van der Waals surface area contributed by atoms with E-state index in [1.54, 1.807) is 5.51 Å². The van der Waals surface area contributed by atoms with Gasteiger partial charge in [-0.15, -0.1) is 22.6 Å². The van der Waals surface area contributed by atoms with Gasteiger partial charge in [0.1, 0.15) is 5.51 Å². The Bertz CT molecular complexity index is 332. The minimum absolute atomic E-state index is 0. The number of rotatable bonds is 3. The molecular formula is C9H15ClN4OS. The van der Waals surface area contributed by atoms with Crippen molar-refractivity contribution in [2.24, 2.45) is 5.92 Å². The molecular weight excluding hydrogens is 248 g/mol. The molecule has 2 N–H and O–H groups in total. The Morgan fingerprint density at radius 1 is 1.75 bits per heavy atom. The van der Waals surface area contributed by atoms with E-state index < -0.39 is 0 Å². The predicted molar refractivity (Wildman–Crippen MR) is 66.0 cm³/mol. The molecule has 1 fully saturated rings. The van der Waals surface area contributed by atoms with Crippen molar-refractivity contribution in [3.05, 3.63) is 5.51 Å². The summed E-state index contributed by atoms with van der Waals surface area (Å²) in [4.78, 5) is 11.9. The lowest BCUT2D eigenvalue weighted by Crippen LogP contribution is -2.33. The lowest BCUT2D eigenvalue weighted by Gasteiger charge is -2.16. The number of hydrogen-bond donors (Lipinski definition) is 2. The Balaban J connectivity index is 0.00000128. The lowest BCUT2D eigenvalue weighted by atomic mass is 9.98. The van der Waals surface area contributed by atoms with E-state index in [0.29, 0.717) is 11.2 Å². The normalized spacial score (nSPS) is 23.8. The monoisotopic (exact) mass is 262 g/mol. The molecule has 1 amide bonds. The quantitative estimate of drug-likeness (QED) is 0.861. The van der Waals surface area contributed by atoms with Crippen LogP contribution in [0.5, 0.6) is 0 Å². The van der Waals surface area contributed by atoms with Crippen LogP contribution in [0.2, 0.25) is 0 Å². The zero-order valence-corrected chi connectivity index (χ0v) is 10.6. The van der Waals surface area contributed by atoms with E-state index in [2.05, 4.69) is 27.8 Å². The van der Waals surface area contributed by atoms with Gasteiger partial charge in [0.05, 0.1) is 5.92 Å². The van der Waals surface area contributed by atoms with Crippen molar-refractivity contribution in [1.82, 2.24) is 15.5 Å². The van der Waals surface area contributed by atoms with Crippen molar-refractivity contribution < 1.29 is 4.79 Å². The van der Waals surface area contributed by atoms with Gasteiger partial charge in [0.15, 0.2) is 0 Å². The van der Waals surface area contributed by atoms with E-state index in [9.17, 15) is 4.79 Å². The van der Waals surface area contributed by atoms with Gasteiger partial charge in [-0.2, -0.15) is 0 Å². The number of carbonyl (C=O) groups excluding carboxylic acids is 1. The van der Waals surface area contributed by atoms with Crippen molar-refractivity contribution in [3.63, 3.8) is 0 Å². The molecule has 1 aromatic rings. The molecule has 5 nitrogen and oxygen atoms in total. The van der Waals surface area contributed by atoms with Gasteiger partial charge >= 0.3 is 0 Å². The molecule has 0 aliphatic carbocycles. The maximum atomic E-state index is 11.9. The minimum Gasteiger partial charge on any atom is -0.313 e. The van der Waals surface area contributed by atoms with Crippen molar-refractivity contribution in [1.29, 1.82) is 0 Å². The van der Waals surface area contributed by atoms with Crippen LogP contribution in [0, 0.1) is 5.92 Å². The van der Waals surface area contributed by atoms with Crippen LogP contribution in [-0.4, -0.2) is 28.7 Å². The van der Waals surface area contributed by atoms with E-state index >= 15 is 0 Å². The Labute approximate surface area is 104 Å². The molecule has 2 atom stereocenters. The molecule has 0 aromatic carbocycles. The third kappa shape index (κ3) is 2.90. The molecule has 2 unspecified atom stereocenters. The van der Waals surface area contributed by atoms with Crippen LogP contribution in [-0.2, 0) is 4.79 Å². The van der Waals surface area contributed by atoms with Gasteiger partial charge in [-0.3, -0.25) is 4.79 Å². The van der Waals surface area contributed by atoms with Crippen LogP contribution in [0.15, 0.2) is 5.51 Å². The first kappa shape index (κ1) is 13.3. The summed E-state index contributed by atoms with van der Waals surface area (Å²) in [6, 6.07) is 0.304. The Morgan fingerprint density at radius 3 is 3.19 bits per heavy atom. The highest BCUT2D eigenvalue weighted by molar-refractivity contribution is 7.13. The average Bonchev–Trinajstić information content (AvgIpc) is 2.86. The van der Waals surface area contributed by atoms with E-state index in [-0.39, 0.29) is 24.2 Å². The standard InChI is InChI=1S/C9H14N4OS.ClH/c1-2-7-6(3-4-10-7)8(14)12-9-13-11-5-15-9;/h5-7,10H,2-4H2,1H3,(H,12,13,14);1H.